The minimum absolute atomic E-state index is 0.0539. The van der Waals surface area contributed by atoms with E-state index in [1.807, 2.05) is 30.3 Å². The van der Waals surface area contributed by atoms with Crippen LogP contribution in [-0.4, -0.2) is 38.6 Å². The van der Waals surface area contributed by atoms with E-state index in [1.165, 1.54) is 18.3 Å². The highest BCUT2D eigenvalue weighted by molar-refractivity contribution is 7.12. The van der Waals surface area contributed by atoms with Crippen molar-refractivity contribution < 1.29 is 23.8 Å². The maximum atomic E-state index is 12.4. The van der Waals surface area contributed by atoms with Crippen LogP contribution in [0, 0.1) is 0 Å². The van der Waals surface area contributed by atoms with E-state index in [1.54, 1.807) is 25.7 Å². The molecule has 0 bridgehead atoms. The number of Topliss-reactive ketones (excluding diaryl/α,β-unsaturated/α-hetero) is 1. The number of carbonyl (C=O) groups is 2. The topological polar surface area (TPSA) is 73.9 Å². The zero-order chi connectivity index (χ0) is 22.8. The quantitative estimate of drug-likeness (QED) is 0.490. The highest BCUT2D eigenvalue weighted by Crippen LogP contribution is 2.42. The van der Waals surface area contributed by atoms with Crippen LogP contribution < -0.4 is 19.5 Å². The van der Waals surface area contributed by atoms with Crippen LogP contribution in [0.4, 0.5) is 0 Å². The molecule has 166 valence electrons. The van der Waals surface area contributed by atoms with Crippen LogP contribution in [0.2, 0.25) is 5.02 Å². The van der Waals surface area contributed by atoms with Crippen molar-refractivity contribution in [1.82, 2.24) is 5.32 Å². The second kappa shape index (κ2) is 9.22. The predicted octanol–water partition coefficient (Wildman–Crippen LogP) is 5.02. The highest BCUT2D eigenvalue weighted by Gasteiger charge is 2.27. The summed E-state index contributed by atoms with van der Waals surface area (Å²) in [6.45, 7) is 1.81. The van der Waals surface area contributed by atoms with Gasteiger partial charge in [-0.05, 0) is 48.9 Å². The van der Waals surface area contributed by atoms with E-state index in [9.17, 15) is 9.59 Å². The summed E-state index contributed by atoms with van der Waals surface area (Å²) < 4.78 is 16.9. The third kappa shape index (κ3) is 4.45. The maximum absolute atomic E-state index is 12.4. The lowest BCUT2D eigenvalue weighted by Gasteiger charge is -2.13. The monoisotopic (exact) mass is 471 g/mol. The van der Waals surface area contributed by atoms with E-state index in [0.29, 0.717) is 39.9 Å². The molecule has 1 aliphatic rings. The number of hydrogen-bond donors (Lipinski definition) is 1. The third-order valence-corrected chi connectivity index (χ3v) is 6.58. The van der Waals surface area contributed by atoms with Crippen molar-refractivity contribution in [1.29, 1.82) is 0 Å². The van der Waals surface area contributed by atoms with Gasteiger partial charge >= 0.3 is 0 Å². The first-order valence-electron chi connectivity index (χ1n) is 9.98. The summed E-state index contributed by atoms with van der Waals surface area (Å²) in [5.41, 5.74) is 3.20. The van der Waals surface area contributed by atoms with Gasteiger partial charge in [0.15, 0.2) is 5.78 Å². The van der Waals surface area contributed by atoms with Crippen LogP contribution in [-0.2, 0) is 6.42 Å². The summed E-state index contributed by atoms with van der Waals surface area (Å²) in [6, 6.07) is 11.1. The van der Waals surface area contributed by atoms with E-state index < -0.39 is 0 Å². The molecule has 1 N–H and O–H groups in total. The molecule has 0 saturated heterocycles. The Hall–Kier alpha value is -3.03. The summed E-state index contributed by atoms with van der Waals surface area (Å²) in [5.74, 6) is 1.77. The van der Waals surface area contributed by atoms with Gasteiger partial charge in [-0.15, -0.1) is 11.3 Å². The van der Waals surface area contributed by atoms with Crippen molar-refractivity contribution in [3.8, 4) is 28.4 Å². The Morgan fingerprint density at radius 2 is 2.00 bits per heavy atom. The smallest absolute Gasteiger partial charge is 0.252 e. The molecule has 2 aromatic carbocycles. The van der Waals surface area contributed by atoms with E-state index in [0.717, 1.165) is 22.4 Å². The van der Waals surface area contributed by atoms with Gasteiger partial charge < -0.3 is 19.5 Å². The van der Waals surface area contributed by atoms with E-state index in [4.69, 9.17) is 25.8 Å². The van der Waals surface area contributed by atoms with Crippen molar-refractivity contribution in [2.75, 3.05) is 20.8 Å². The Morgan fingerprint density at radius 1 is 1.19 bits per heavy atom. The molecular weight excluding hydrogens is 450 g/mol. The molecular formula is C24H22ClNO5S. The molecule has 4 rings (SSSR count). The largest absolute Gasteiger partial charge is 0.497 e. The Balaban J connectivity index is 1.49. The number of thiophene rings is 1. The Kier molecular flexibility index (Phi) is 6.39. The Labute approximate surface area is 195 Å². The van der Waals surface area contributed by atoms with Gasteiger partial charge in [-0.2, -0.15) is 0 Å². The summed E-state index contributed by atoms with van der Waals surface area (Å²) in [7, 11) is 3.24. The minimum Gasteiger partial charge on any atom is -0.497 e. The molecule has 1 atom stereocenters. The van der Waals surface area contributed by atoms with Gasteiger partial charge in [0, 0.05) is 22.9 Å². The lowest BCUT2D eigenvalue weighted by atomic mass is 9.99. The summed E-state index contributed by atoms with van der Waals surface area (Å²) in [6.07, 6.45) is 0.373. The predicted molar refractivity (Wildman–Crippen MR) is 125 cm³/mol. The van der Waals surface area contributed by atoms with Crippen molar-refractivity contribution >= 4 is 34.6 Å². The first-order chi connectivity index (χ1) is 15.4. The molecule has 2 heterocycles. The number of methoxy groups -OCH3 is 2. The fourth-order valence-corrected chi connectivity index (χ4v) is 4.72. The average molecular weight is 472 g/mol. The zero-order valence-electron chi connectivity index (χ0n) is 17.9. The third-order valence-electron chi connectivity index (χ3n) is 5.27. The molecule has 0 aliphatic carbocycles. The number of nitrogens with one attached hydrogen (secondary N) is 1. The van der Waals surface area contributed by atoms with Gasteiger partial charge in [0.2, 0.25) is 0 Å². The molecule has 1 aromatic heterocycles. The molecule has 1 unspecified atom stereocenters. The fourth-order valence-electron chi connectivity index (χ4n) is 3.65. The number of amides is 1. The van der Waals surface area contributed by atoms with Gasteiger partial charge in [-0.3, -0.25) is 9.59 Å². The second-order valence-corrected chi connectivity index (χ2v) is 8.74. The number of rotatable bonds is 7. The number of halogens is 1. The fraction of sp³-hybridized carbons (Fsp3) is 0.250. The molecule has 3 aromatic rings. The van der Waals surface area contributed by atoms with Crippen molar-refractivity contribution in [3.05, 3.63) is 62.8 Å². The number of benzene rings is 2. The van der Waals surface area contributed by atoms with Gasteiger partial charge in [0.05, 0.1) is 36.2 Å². The Bertz CT molecular complexity index is 1190. The van der Waals surface area contributed by atoms with Crippen LogP contribution in [0.5, 0.6) is 17.2 Å². The molecule has 0 spiro atoms. The van der Waals surface area contributed by atoms with Crippen LogP contribution >= 0.6 is 22.9 Å². The average Bonchev–Trinajstić information content (AvgIpc) is 3.44. The first-order valence-corrected chi connectivity index (χ1v) is 11.2. The minimum atomic E-state index is -0.236. The number of ether oxygens (including phenoxy) is 3. The van der Waals surface area contributed by atoms with E-state index in [-0.39, 0.29) is 17.8 Å². The van der Waals surface area contributed by atoms with E-state index >= 15 is 0 Å². The molecule has 0 saturated carbocycles. The van der Waals surface area contributed by atoms with Crippen LogP contribution in [0.1, 0.15) is 32.5 Å². The molecule has 6 nitrogen and oxygen atoms in total. The van der Waals surface area contributed by atoms with Gasteiger partial charge in [-0.1, -0.05) is 11.6 Å². The normalized spacial score (nSPS) is 14.4. The lowest BCUT2D eigenvalue weighted by molar-refractivity contribution is 0.0934. The Morgan fingerprint density at radius 3 is 2.69 bits per heavy atom. The van der Waals surface area contributed by atoms with Gasteiger partial charge in [0.25, 0.3) is 5.91 Å². The number of fused-ring (bicyclic) bond motifs is 1. The van der Waals surface area contributed by atoms with Crippen LogP contribution in [0.3, 0.4) is 0 Å². The van der Waals surface area contributed by atoms with Gasteiger partial charge in [-0.25, -0.2) is 0 Å². The molecule has 32 heavy (non-hydrogen) atoms. The summed E-state index contributed by atoms with van der Waals surface area (Å²) in [4.78, 5) is 24.4. The van der Waals surface area contributed by atoms with Gasteiger partial charge in [0.1, 0.15) is 23.4 Å². The summed E-state index contributed by atoms with van der Waals surface area (Å²) in [5, 5.41) is 5.06. The van der Waals surface area contributed by atoms with E-state index in [2.05, 4.69) is 5.32 Å². The molecule has 0 fully saturated rings. The van der Waals surface area contributed by atoms with Crippen molar-refractivity contribution in [3.63, 3.8) is 0 Å². The standard InChI is InChI=1S/C24H22ClNO5S/c1-13(27)22-9-16(12-32-22)24(28)26-11-18-7-15-6-14(8-20(25)23(15)31-18)19-10-17(29-2)4-5-21(19)30-3/h4-6,8-10,12,18H,7,11H2,1-3H3,(H,26,28). The second-order valence-electron chi connectivity index (χ2n) is 7.42. The molecule has 1 aliphatic heterocycles. The molecule has 0 radical (unpaired) electrons. The van der Waals surface area contributed by atoms with Crippen LogP contribution in [0.15, 0.2) is 41.8 Å². The highest BCUT2D eigenvalue weighted by atomic mass is 35.5. The maximum Gasteiger partial charge on any atom is 0.252 e. The summed E-state index contributed by atoms with van der Waals surface area (Å²) >= 11 is 7.80. The number of carbonyl (C=O) groups excluding carboxylic acids is 2. The van der Waals surface area contributed by atoms with Crippen LogP contribution in [0.25, 0.3) is 11.1 Å². The molecule has 1 amide bonds. The molecule has 8 heteroatoms. The first kappa shape index (κ1) is 22.2. The van der Waals surface area contributed by atoms with Crippen molar-refractivity contribution in [2.24, 2.45) is 0 Å². The number of hydrogen-bond acceptors (Lipinski definition) is 6. The zero-order valence-corrected chi connectivity index (χ0v) is 19.4. The number of ketones is 1. The van der Waals surface area contributed by atoms with Crippen molar-refractivity contribution in [2.45, 2.75) is 19.4 Å². The lowest BCUT2D eigenvalue weighted by Crippen LogP contribution is -2.34. The SMILES string of the molecule is COc1ccc(OC)c(-c2cc(Cl)c3c(c2)CC(CNC(=O)c2csc(C(C)=O)c2)O3)c1.